The summed E-state index contributed by atoms with van der Waals surface area (Å²) >= 11 is -1.47. The van der Waals surface area contributed by atoms with Crippen LogP contribution < -0.4 is 0 Å². The Balaban J connectivity index is 3.18. The molecule has 0 bridgehead atoms. The van der Waals surface area contributed by atoms with Gasteiger partial charge in [-0.05, 0) is 0 Å². The Labute approximate surface area is 49.1 Å². The van der Waals surface area contributed by atoms with Gasteiger partial charge in [0.1, 0.15) is 0 Å². The van der Waals surface area contributed by atoms with E-state index >= 15 is 0 Å². The minimum absolute atomic E-state index is 0.497. The molecule has 1 atom stereocenters. The Kier molecular flexibility index (Phi) is 3.38. The number of carboxylic acids is 1. The van der Waals surface area contributed by atoms with Crippen LogP contribution in [0.3, 0.4) is 0 Å². The van der Waals surface area contributed by atoms with Gasteiger partial charge < -0.3 is 5.11 Å². The lowest BCUT2D eigenvalue weighted by Crippen LogP contribution is -2.07. The largest absolute Gasteiger partial charge is 0.479 e. The highest BCUT2D eigenvalue weighted by Gasteiger charge is 1.96. The van der Waals surface area contributed by atoms with Crippen LogP contribution in [0.1, 0.15) is 0 Å². The lowest BCUT2D eigenvalue weighted by Gasteiger charge is -1.90. The molecule has 0 heterocycles. The van der Waals surface area contributed by atoms with E-state index < -0.39 is 23.7 Å². The van der Waals surface area contributed by atoms with Crippen LogP contribution in [0.2, 0.25) is 0 Å². The molecule has 0 radical (unpaired) electrons. The van der Waals surface area contributed by atoms with Crippen LogP contribution in [-0.2, 0) is 20.1 Å². The molecule has 48 valence electrons. The summed E-state index contributed by atoms with van der Waals surface area (Å²) in [6.45, 7) is -0.497. The highest BCUT2D eigenvalue weighted by Crippen LogP contribution is 1.76. The van der Waals surface area contributed by atoms with Crippen molar-refractivity contribution in [1.29, 1.82) is 0 Å². The monoisotopic (exact) mass is 138 g/mol. The number of rotatable bonds is 3. The van der Waals surface area contributed by atoms with Crippen molar-refractivity contribution in [3.05, 3.63) is 0 Å². The zero-order valence-corrected chi connectivity index (χ0v) is 5.10. The molecule has 0 aromatic rings. The zero-order chi connectivity index (χ0) is 6.57. The van der Waals surface area contributed by atoms with E-state index in [1.165, 1.54) is 6.26 Å². The molecule has 0 saturated heterocycles. The number of carboxylic acid groups (broad SMARTS) is 1. The smallest absolute Gasteiger partial charge is 0.331 e. The first kappa shape index (κ1) is 7.58. The molecule has 0 saturated carbocycles. The summed E-state index contributed by atoms with van der Waals surface area (Å²) < 4.78 is 14.1. The van der Waals surface area contributed by atoms with Crippen molar-refractivity contribution in [1.82, 2.24) is 0 Å². The minimum atomic E-state index is -1.47. The Hall–Kier alpha value is -0.420. The summed E-state index contributed by atoms with van der Waals surface area (Å²) in [6, 6.07) is 0. The average molecular weight is 138 g/mol. The van der Waals surface area contributed by atoms with Crippen LogP contribution in [0, 0.1) is 0 Å². The fourth-order valence-corrected chi connectivity index (χ4v) is 0.400. The van der Waals surface area contributed by atoms with Gasteiger partial charge in [-0.1, -0.05) is 0 Å². The molecule has 0 aromatic heterocycles. The molecular weight excluding hydrogens is 132 g/mol. The van der Waals surface area contributed by atoms with Crippen LogP contribution in [-0.4, -0.2) is 28.1 Å². The molecule has 4 nitrogen and oxygen atoms in total. The predicted molar refractivity (Wildman–Crippen MR) is 27.7 cm³/mol. The van der Waals surface area contributed by atoms with Crippen molar-refractivity contribution in [2.45, 2.75) is 0 Å². The number of hydrogen-bond acceptors (Lipinski definition) is 3. The van der Waals surface area contributed by atoms with Crippen LogP contribution in [0.5, 0.6) is 0 Å². The molecule has 1 unspecified atom stereocenters. The summed E-state index contributed by atoms with van der Waals surface area (Å²) in [5.74, 6) is -1.11. The molecule has 0 spiro atoms. The summed E-state index contributed by atoms with van der Waals surface area (Å²) in [4.78, 5) is 9.64. The molecule has 0 aliphatic heterocycles. The first-order chi connectivity index (χ1) is 3.63. The van der Waals surface area contributed by atoms with E-state index in [1.54, 1.807) is 0 Å². The molecule has 1 N–H and O–H groups in total. The van der Waals surface area contributed by atoms with Gasteiger partial charge in [0.25, 0.3) is 0 Å². The summed E-state index contributed by atoms with van der Waals surface area (Å²) in [6.07, 6.45) is 1.27. The summed E-state index contributed by atoms with van der Waals surface area (Å²) in [5, 5.41) is 7.90. The second-order valence-corrected chi connectivity index (χ2v) is 2.10. The maximum absolute atomic E-state index is 9.97. The Bertz CT molecular complexity index is 95.9. The molecule has 8 heavy (non-hydrogen) atoms. The predicted octanol–water partition coefficient (Wildman–Crippen LogP) is -0.619. The van der Waals surface area contributed by atoms with Crippen molar-refractivity contribution in [2.24, 2.45) is 0 Å². The topological polar surface area (TPSA) is 63.6 Å². The number of carbonyl (C=O) groups is 1. The average Bonchev–Trinajstić information content (AvgIpc) is 1.61. The van der Waals surface area contributed by atoms with Gasteiger partial charge in [-0.15, -0.1) is 0 Å². The second kappa shape index (κ2) is 3.57. The van der Waals surface area contributed by atoms with Crippen molar-refractivity contribution >= 4 is 17.0 Å². The van der Waals surface area contributed by atoms with E-state index in [2.05, 4.69) is 4.18 Å². The van der Waals surface area contributed by atoms with Gasteiger partial charge in [0.2, 0.25) is 0 Å². The first-order valence-corrected chi connectivity index (χ1v) is 3.29. The van der Waals surface area contributed by atoms with Gasteiger partial charge in [0.05, 0.1) is 0 Å². The lowest BCUT2D eigenvalue weighted by atomic mass is 10.8. The SMILES string of the molecule is CS(=O)OCC(=O)O. The van der Waals surface area contributed by atoms with E-state index in [1.807, 2.05) is 0 Å². The van der Waals surface area contributed by atoms with Crippen LogP contribution >= 0.6 is 0 Å². The van der Waals surface area contributed by atoms with Gasteiger partial charge in [-0.3, -0.25) is 4.18 Å². The van der Waals surface area contributed by atoms with Crippen molar-refractivity contribution in [3.63, 3.8) is 0 Å². The summed E-state index contributed by atoms with van der Waals surface area (Å²) in [7, 11) is 0. The second-order valence-electron chi connectivity index (χ2n) is 1.06. The standard InChI is InChI=1S/C3H6O4S/c1-8(6)7-2-3(4)5/h2H2,1H3,(H,4,5). The molecule has 0 aliphatic rings. The number of hydrogen-bond donors (Lipinski definition) is 1. The van der Waals surface area contributed by atoms with E-state index in [4.69, 9.17) is 5.11 Å². The van der Waals surface area contributed by atoms with Crippen LogP contribution in [0.25, 0.3) is 0 Å². The normalized spacial score (nSPS) is 13.1. The molecule has 0 aromatic carbocycles. The third-order valence-electron chi connectivity index (χ3n) is 0.348. The third-order valence-corrected chi connectivity index (χ3v) is 0.798. The van der Waals surface area contributed by atoms with E-state index in [0.717, 1.165) is 0 Å². The zero-order valence-electron chi connectivity index (χ0n) is 4.29. The summed E-state index contributed by atoms with van der Waals surface area (Å²) in [5.41, 5.74) is 0. The lowest BCUT2D eigenvalue weighted by molar-refractivity contribution is -0.139. The number of aliphatic carboxylic acids is 1. The fraction of sp³-hybridized carbons (Fsp3) is 0.667. The van der Waals surface area contributed by atoms with Gasteiger partial charge in [-0.2, -0.15) is 0 Å². The maximum atomic E-state index is 9.97. The van der Waals surface area contributed by atoms with Gasteiger partial charge in [0.15, 0.2) is 17.7 Å². The van der Waals surface area contributed by atoms with E-state index in [0.29, 0.717) is 0 Å². The molecule has 0 fully saturated rings. The van der Waals surface area contributed by atoms with E-state index in [9.17, 15) is 9.00 Å². The third kappa shape index (κ3) is 5.58. The molecule has 0 aliphatic carbocycles. The quantitative estimate of drug-likeness (QED) is 0.564. The molecule has 0 amide bonds. The van der Waals surface area contributed by atoms with Gasteiger partial charge in [-0.25, -0.2) is 9.00 Å². The van der Waals surface area contributed by atoms with Crippen LogP contribution in [0.15, 0.2) is 0 Å². The molecule has 5 heteroatoms. The highest BCUT2D eigenvalue weighted by atomic mass is 32.2. The van der Waals surface area contributed by atoms with Gasteiger partial charge >= 0.3 is 5.97 Å². The van der Waals surface area contributed by atoms with Crippen molar-refractivity contribution < 1.29 is 18.3 Å². The van der Waals surface area contributed by atoms with Crippen molar-refractivity contribution in [3.8, 4) is 0 Å². The maximum Gasteiger partial charge on any atom is 0.331 e. The molecule has 0 rings (SSSR count). The van der Waals surface area contributed by atoms with E-state index in [-0.39, 0.29) is 0 Å². The Morgan fingerprint density at radius 2 is 2.38 bits per heavy atom. The molecular formula is C3H6O4S. The minimum Gasteiger partial charge on any atom is -0.479 e. The van der Waals surface area contributed by atoms with Crippen molar-refractivity contribution in [2.75, 3.05) is 12.9 Å². The highest BCUT2D eigenvalue weighted by molar-refractivity contribution is 7.79. The van der Waals surface area contributed by atoms with Gasteiger partial charge in [0, 0.05) is 6.26 Å². The Morgan fingerprint density at radius 1 is 1.88 bits per heavy atom. The van der Waals surface area contributed by atoms with Crippen LogP contribution in [0.4, 0.5) is 0 Å². The Morgan fingerprint density at radius 3 is 2.50 bits per heavy atom. The first-order valence-electron chi connectivity index (χ1n) is 1.81. The fourth-order valence-electron chi connectivity index (χ4n) is 0.133.